The number of aliphatic hydroxyl groups is 2. The van der Waals surface area contributed by atoms with Crippen LogP contribution in [0.1, 0.15) is 65.2 Å². The van der Waals surface area contributed by atoms with Gasteiger partial charge in [0, 0.05) is 0 Å². The van der Waals surface area contributed by atoms with Crippen LogP contribution in [0.3, 0.4) is 0 Å². The minimum Gasteiger partial charge on any atom is -0.374 e. The van der Waals surface area contributed by atoms with Crippen molar-refractivity contribution in [1.29, 1.82) is 0 Å². The van der Waals surface area contributed by atoms with Gasteiger partial charge in [-0.25, -0.2) is 0 Å². The van der Waals surface area contributed by atoms with E-state index in [-0.39, 0.29) is 36.0 Å². The molecular formula is C26H34F12O2. The van der Waals surface area contributed by atoms with Gasteiger partial charge in [0.1, 0.15) is 0 Å². The molecule has 0 aromatic carbocycles. The van der Waals surface area contributed by atoms with Crippen LogP contribution >= 0.6 is 0 Å². The van der Waals surface area contributed by atoms with Gasteiger partial charge in [-0.1, -0.05) is 38.8 Å². The Morgan fingerprint density at radius 2 is 1.02 bits per heavy atom. The van der Waals surface area contributed by atoms with Crippen LogP contribution in [0.5, 0.6) is 0 Å². The average Bonchev–Trinajstić information content (AvgIpc) is 3.56. The van der Waals surface area contributed by atoms with Crippen LogP contribution in [-0.4, -0.2) is 46.1 Å². The molecule has 3 fully saturated rings. The van der Waals surface area contributed by atoms with Gasteiger partial charge in [0.25, 0.3) is 11.2 Å². The number of alkyl halides is 12. The summed E-state index contributed by atoms with van der Waals surface area (Å²) in [4.78, 5) is 0. The molecule has 4 aliphatic rings. The Morgan fingerprint density at radius 3 is 1.38 bits per heavy atom. The van der Waals surface area contributed by atoms with Crippen LogP contribution in [0.4, 0.5) is 52.7 Å². The molecule has 8 unspecified atom stereocenters. The molecule has 40 heavy (non-hydrogen) atoms. The van der Waals surface area contributed by atoms with Crippen molar-refractivity contribution in [1.82, 2.24) is 0 Å². The second-order valence-electron chi connectivity index (χ2n) is 12.0. The fourth-order valence-electron chi connectivity index (χ4n) is 7.89. The highest BCUT2D eigenvalue weighted by molar-refractivity contribution is 5.12. The zero-order valence-corrected chi connectivity index (χ0v) is 21.9. The molecule has 234 valence electrons. The first kappa shape index (κ1) is 33.3. The summed E-state index contributed by atoms with van der Waals surface area (Å²) in [6, 6.07) is 0. The van der Waals surface area contributed by atoms with Crippen molar-refractivity contribution in [3.05, 3.63) is 12.2 Å². The lowest BCUT2D eigenvalue weighted by molar-refractivity contribution is -0.374. The smallest absolute Gasteiger partial charge is 0.374 e. The van der Waals surface area contributed by atoms with Gasteiger partial charge in [0.15, 0.2) is 0 Å². The minimum atomic E-state index is -5.70. The van der Waals surface area contributed by atoms with Gasteiger partial charge in [-0.05, 0) is 85.9 Å². The van der Waals surface area contributed by atoms with Gasteiger partial charge >= 0.3 is 24.7 Å². The summed E-state index contributed by atoms with van der Waals surface area (Å²) in [5.74, 6) is -1.02. The van der Waals surface area contributed by atoms with Gasteiger partial charge in [-0.2, -0.15) is 52.7 Å². The first-order chi connectivity index (χ1) is 18.0. The van der Waals surface area contributed by atoms with Gasteiger partial charge in [0.2, 0.25) is 0 Å². The van der Waals surface area contributed by atoms with Crippen LogP contribution in [0.2, 0.25) is 0 Å². The van der Waals surface area contributed by atoms with E-state index < -0.39 is 60.6 Å². The maximum Gasteiger partial charge on any atom is 0.426 e. The molecule has 4 bridgehead atoms. The Balaban J connectivity index is 0.000000225. The van der Waals surface area contributed by atoms with Gasteiger partial charge in [-0.3, -0.25) is 0 Å². The third kappa shape index (κ3) is 5.86. The zero-order chi connectivity index (χ0) is 30.7. The van der Waals surface area contributed by atoms with Crippen molar-refractivity contribution in [2.24, 2.45) is 47.3 Å². The van der Waals surface area contributed by atoms with Crippen LogP contribution in [0.15, 0.2) is 12.2 Å². The molecule has 4 rings (SSSR count). The first-order valence-electron chi connectivity index (χ1n) is 13.4. The van der Waals surface area contributed by atoms with E-state index in [2.05, 4.69) is 0 Å². The monoisotopic (exact) mass is 606 g/mol. The first-order valence-corrected chi connectivity index (χ1v) is 13.4. The second-order valence-corrected chi connectivity index (χ2v) is 12.0. The Bertz CT molecular complexity index is 875. The van der Waals surface area contributed by atoms with E-state index in [1.54, 1.807) is 6.08 Å². The Morgan fingerprint density at radius 1 is 0.575 bits per heavy atom. The molecular weight excluding hydrogens is 572 g/mol. The standard InChI is InChI=1S/C15H22F6O.C11H12F6O/c1-3-10-8-5-9(12(6-8)11(10)4-2)7-13(22,14(16,17)18)15(19,20)21;12-10(13,14)9(18,11(15,16)17)5-8-4-6-1-2-7(8)3-6/h8-12,22H,3-7H2,1-2H3;1-2,6-8,18H,3-5H2. The summed E-state index contributed by atoms with van der Waals surface area (Å²) in [5, 5.41) is 18.5. The summed E-state index contributed by atoms with van der Waals surface area (Å²) >= 11 is 0. The second kappa shape index (κ2) is 10.8. The lowest BCUT2D eigenvalue weighted by Gasteiger charge is -2.40. The minimum absolute atomic E-state index is 0.0608. The van der Waals surface area contributed by atoms with Crippen LogP contribution in [-0.2, 0) is 0 Å². The highest BCUT2D eigenvalue weighted by atomic mass is 19.4. The number of fused-ring (bicyclic) bond motifs is 4. The largest absolute Gasteiger partial charge is 0.426 e. The number of hydrogen-bond acceptors (Lipinski definition) is 2. The Labute approximate surface area is 224 Å². The van der Waals surface area contributed by atoms with E-state index in [0.29, 0.717) is 25.2 Å². The molecule has 4 aliphatic carbocycles. The van der Waals surface area contributed by atoms with E-state index in [1.165, 1.54) is 0 Å². The SMILES string of the molecule is CCC1C2CC(CC(O)(C(F)(F)F)C(F)(F)F)C(C2)C1CC.OC(CC1CC2C=CC1C2)(C(F)(F)F)C(F)(F)F. The maximum absolute atomic E-state index is 12.8. The molecule has 2 nitrogen and oxygen atoms in total. The van der Waals surface area contributed by atoms with E-state index in [0.717, 1.165) is 12.8 Å². The molecule has 0 aliphatic heterocycles. The van der Waals surface area contributed by atoms with Crippen molar-refractivity contribution in [2.45, 2.75) is 101 Å². The molecule has 3 saturated carbocycles. The average molecular weight is 607 g/mol. The Hall–Kier alpha value is -1.18. The number of allylic oxidation sites excluding steroid dienone is 2. The van der Waals surface area contributed by atoms with Crippen LogP contribution in [0.25, 0.3) is 0 Å². The summed E-state index contributed by atoms with van der Waals surface area (Å²) < 4.78 is 152. The normalized spacial score (nSPS) is 34.4. The molecule has 2 N–H and O–H groups in total. The van der Waals surface area contributed by atoms with Crippen molar-refractivity contribution in [3.8, 4) is 0 Å². The summed E-state index contributed by atoms with van der Waals surface area (Å²) in [6.07, 6.45) is -18.2. The lowest BCUT2D eigenvalue weighted by Crippen LogP contribution is -2.58. The third-order valence-electron chi connectivity index (χ3n) is 9.84. The van der Waals surface area contributed by atoms with Crippen LogP contribution in [0, 0.1) is 47.3 Å². The zero-order valence-electron chi connectivity index (χ0n) is 21.9. The predicted octanol–water partition coefficient (Wildman–Crippen LogP) is 8.39. The highest BCUT2D eigenvalue weighted by Gasteiger charge is 2.72. The van der Waals surface area contributed by atoms with E-state index in [4.69, 9.17) is 5.11 Å². The number of halogens is 12. The lowest BCUT2D eigenvalue weighted by atomic mass is 9.69. The van der Waals surface area contributed by atoms with Gasteiger partial charge in [-0.15, -0.1) is 0 Å². The van der Waals surface area contributed by atoms with E-state index in [1.807, 2.05) is 19.9 Å². The topological polar surface area (TPSA) is 40.5 Å². The van der Waals surface area contributed by atoms with Crippen LogP contribution < -0.4 is 0 Å². The molecule has 0 aromatic rings. The summed E-state index contributed by atoms with van der Waals surface area (Å²) in [5.41, 5.74) is -9.18. The molecule has 8 atom stereocenters. The van der Waals surface area contributed by atoms with Crippen molar-refractivity contribution in [2.75, 3.05) is 0 Å². The summed E-state index contributed by atoms with van der Waals surface area (Å²) in [6.45, 7) is 3.95. The Kier molecular flexibility index (Phi) is 9.02. The van der Waals surface area contributed by atoms with E-state index in [9.17, 15) is 57.8 Å². The fraction of sp³-hybridized carbons (Fsp3) is 0.923. The van der Waals surface area contributed by atoms with Crippen molar-refractivity contribution in [3.63, 3.8) is 0 Å². The molecule has 0 saturated heterocycles. The quantitative estimate of drug-likeness (QED) is 0.236. The maximum atomic E-state index is 12.8. The van der Waals surface area contributed by atoms with Gasteiger partial charge < -0.3 is 10.2 Å². The molecule has 0 heterocycles. The molecule has 0 amide bonds. The molecule has 0 aromatic heterocycles. The fourth-order valence-corrected chi connectivity index (χ4v) is 7.89. The van der Waals surface area contributed by atoms with Gasteiger partial charge in [0.05, 0.1) is 0 Å². The third-order valence-corrected chi connectivity index (χ3v) is 9.84. The highest BCUT2D eigenvalue weighted by Crippen LogP contribution is 2.61. The number of rotatable bonds is 6. The van der Waals surface area contributed by atoms with Crippen molar-refractivity contribution < 1.29 is 62.9 Å². The number of hydrogen-bond donors (Lipinski definition) is 2. The molecule has 14 heteroatoms. The molecule has 0 radical (unpaired) electrons. The van der Waals surface area contributed by atoms with E-state index >= 15 is 0 Å². The molecule has 0 spiro atoms. The summed E-state index contributed by atoms with van der Waals surface area (Å²) in [7, 11) is 0. The predicted molar refractivity (Wildman–Crippen MR) is 119 cm³/mol. The van der Waals surface area contributed by atoms with Crippen molar-refractivity contribution >= 4 is 0 Å².